The normalized spacial score (nSPS) is 11.7. The summed E-state index contributed by atoms with van der Waals surface area (Å²) in [5.41, 5.74) is 1.38. The molecule has 0 aliphatic heterocycles. The van der Waals surface area contributed by atoms with Gasteiger partial charge in [-0.05, 0) is 110 Å². The van der Waals surface area contributed by atoms with E-state index in [1.807, 2.05) is 13.8 Å². The third kappa shape index (κ3) is 9.96. The summed E-state index contributed by atoms with van der Waals surface area (Å²) in [5, 5.41) is 19.4. The molecule has 0 saturated heterocycles. The van der Waals surface area contributed by atoms with Crippen LogP contribution < -0.4 is 19.1 Å². The van der Waals surface area contributed by atoms with Crippen LogP contribution in [0.4, 0.5) is 5.69 Å². The molecule has 270 valence electrons. The van der Waals surface area contributed by atoms with E-state index in [0.717, 1.165) is 23.3 Å². The van der Waals surface area contributed by atoms with Gasteiger partial charge >= 0.3 is 11.9 Å². The molecule has 0 aliphatic carbocycles. The number of hydrazone groups is 2. The Hall–Kier alpha value is -6.72. The number of nitrogens with one attached hydrogen (secondary N) is 2. The first-order chi connectivity index (χ1) is 25.2. The second-order valence-corrected chi connectivity index (χ2v) is 14.6. The van der Waals surface area contributed by atoms with Crippen molar-refractivity contribution in [3.8, 4) is 11.5 Å². The number of aryl methyl sites for hydroxylation is 2. The monoisotopic (exact) mass is 755 g/mol. The Kier molecular flexibility index (Phi) is 11.4. The number of ether oxygens (including phenoxy) is 2. The highest BCUT2D eigenvalue weighted by molar-refractivity contribution is 7.89. The smallest absolute Gasteiger partial charge is 0.350 e. The van der Waals surface area contributed by atoms with Crippen LogP contribution in [-0.4, -0.2) is 46.1 Å². The van der Waals surface area contributed by atoms with E-state index in [-0.39, 0.29) is 26.9 Å². The van der Waals surface area contributed by atoms with Gasteiger partial charge in [0.2, 0.25) is 0 Å². The van der Waals surface area contributed by atoms with Gasteiger partial charge in [-0.3, -0.25) is 10.1 Å². The Morgan fingerprint density at radius 2 is 1.04 bits per heavy atom. The number of carbonyl (C=O) groups excluding carboxylic acids is 2. The molecular formula is C36H29N5O10S2. The van der Waals surface area contributed by atoms with Crippen LogP contribution >= 0.6 is 0 Å². The van der Waals surface area contributed by atoms with Crippen molar-refractivity contribution in [2.75, 3.05) is 0 Å². The average Bonchev–Trinajstić information content (AvgIpc) is 3.13. The Morgan fingerprint density at radius 3 is 1.45 bits per heavy atom. The Balaban J connectivity index is 1.17. The maximum atomic E-state index is 12.9. The van der Waals surface area contributed by atoms with Gasteiger partial charge < -0.3 is 9.47 Å². The van der Waals surface area contributed by atoms with Gasteiger partial charge in [0.15, 0.2) is 0 Å². The number of sulfonamides is 2. The molecule has 0 aromatic heterocycles. The van der Waals surface area contributed by atoms with Crippen LogP contribution in [-0.2, 0) is 20.0 Å². The maximum Gasteiger partial charge on any atom is 0.350 e. The van der Waals surface area contributed by atoms with E-state index in [1.54, 1.807) is 24.3 Å². The molecule has 0 atom stereocenters. The number of nitro groups is 1. The molecule has 0 fully saturated rings. The number of rotatable bonds is 13. The van der Waals surface area contributed by atoms with Gasteiger partial charge in [0.05, 0.1) is 32.7 Å². The quantitative estimate of drug-likeness (QED) is 0.0522. The molecule has 0 unspecified atom stereocenters. The van der Waals surface area contributed by atoms with E-state index in [1.165, 1.54) is 91.3 Å². The molecule has 0 heterocycles. The number of nitrogens with zero attached hydrogens (tertiary/aromatic N) is 3. The maximum absolute atomic E-state index is 12.9. The highest BCUT2D eigenvalue weighted by Gasteiger charge is 2.25. The number of nitro benzene ring substituents is 1. The van der Waals surface area contributed by atoms with Gasteiger partial charge in [-0.25, -0.2) is 19.3 Å². The molecular weight excluding hydrogens is 727 g/mol. The fourth-order valence-corrected chi connectivity index (χ4v) is 6.02. The summed E-state index contributed by atoms with van der Waals surface area (Å²) < 4.78 is 60.1. The Morgan fingerprint density at radius 1 is 0.623 bits per heavy atom. The zero-order valence-electron chi connectivity index (χ0n) is 27.9. The van der Waals surface area contributed by atoms with Crippen LogP contribution in [0.5, 0.6) is 11.5 Å². The van der Waals surface area contributed by atoms with Crippen LogP contribution in [0.25, 0.3) is 0 Å². The first-order valence-corrected chi connectivity index (χ1v) is 18.3. The van der Waals surface area contributed by atoms with Crippen LogP contribution in [0.2, 0.25) is 0 Å². The topological polar surface area (TPSA) is 213 Å². The van der Waals surface area contributed by atoms with Crippen molar-refractivity contribution in [1.29, 1.82) is 0 Å². The summed E-state index contributed by atoms with van der Waals surface area (Å²) >= 11 is 0. The Bertz CT molecular complexity index is 2430. The van der Waals surface area contributed by atoms with Gasteiger partial charge in [-0.15, -0.1) is 0 Å². The lowest BCUT2D eigenvalue weighted by atomic mass is 10.1. The predicted molar refractivity (Wildman–Crippen MR) is 194 cm³/mol. The first kappa shape index (κ1) is 37.5. The third-order valence-corrected chi connectivity index (χ3v) is 9.74. The molecule has 2 N–H and O–H groups in total. The van der Waals surface area contributed by atoms with Gasteiger partial charge in [-0.2, -0.15) is 27.0 Å². The summed E-state index contributed by atoms with van der Waals surface area (Å²) in [6.45, 7) is 3.66. The van der Waals surface area contributed by atoms with Crippen LogP contribution in [0.3, 0.4) is 0 Å². The number of benzene rings is 5. The van der Waals surface area contributed by atoms with E-state index in [9.17, 15) is 36.5 Å². The van der Waals surface area contributed by atoms with Crippen LogP contribution in [0.15, 0.2) is 135 Å². The van der Waals surface area contributed by atoms with E-state index < -0.39 is 48.2 Å². The molecule has 0 radical (unpaired) electrons. The van der Waals surface area contributed by atoms with Gasteiger partial charge in [-0.1, -0.05) is 35.4 Å². The highest BCUT2D eigenvalue weighted by Crippen LogP contribution is 2.24. The lowest BCUT2D eigenvalue weighted by Crippen LogP contribution is -2.18. The summed E-state index contributed by atoms with van der Waals surface area (Å²) in [5.74, 6) is -1.90. The molecule has 0 aliphatic rings. The number of esters is 2. The molecule has 5 aromatic carbocycles. The van der Waals surface area contributed by atoms with Gasteiger partial charge in [0, 0.05) is 6.07 Å². The highest BCUT2D eigenvalue weighted by atomic mass is 32.2. The molecule has 0 amide bonds. The van der Waals surface area contributed by atoms with Crippen molar-refractivity contribution in [2.24, 2.45) is 10.2 Å². The van der Waals surface area contributed by atoms with Crippen molar-refractivity contribution in [2.45, 2.75) is 23.6 Å². The third-order valence-electron chi connectivity index (χ3n) is 7.27. The summed E-state index contributed by atoms with van der Waals surface area (Å²) in [7, 11) is -7.75. The van der Waals surface area contributed by atoms with Gasteiger partial charge in [0.25, 0.3) is 25.7 Å². The zero-order chi connectivity index (χ0) is 38.2. The predicted octanol–water partition coefficient (Wildman–Crippen LogP) is 5.27. The van der Waals surface area contributed by atoms with E-state index in [4.69, 9.17) is 9.47 Å². The minimum atomic E-state index is -3.88. The van der Waals surface area contributed by atoms with Crippen molar-refractivity contribution >= 4 is 50.1 Å². The zero-order valence-corrected chi connectivity index (χ0v) is 29.5. The van der Waals surface area contributed by atoms with Crippen molar-refractivity contribution in [3.05, 3.63) is 159 Å². The van der Waals surface area contributed by atoms with E-state index in [0.29, 0.717) is 11.1 Å². The van der Waals surface area contributed by atoms with Crippen LogP contribution in [0.1, 0.15) is 43.0 Å². The second-order valence-electron chi connectivity index (χ2n) is 11.2. The molecule has 53 heavy (non-hydrogen) atoms. The molecule has 17 heteroatoms. The largest absolute Gasteiger partial charge is 0.423 e. The van der Waals surface area contributed by atoms with Crippen molar-refractivity contribution in [1.82, 2.24) is 9.66 Å². The van der Waals surface area contributed by atoms with E-state index >= 15 is 0 Å². The molecule has 5 aromatic rings. The minimum Gasteiger partial charge on any atom is -0.423 e. The SMILES string of the molecule is Cc1ccc(S(=O)(=O)N/N=C/c2ccc(OC(=O)c3ccc(C(=O)Oc4ccc(/C=N/NS(=O)(=O)c5ccc(C)cc5)cc4)c([N+](=O)[O-])c3)cc2)cc1. The van der Waals surface area contributed by atoms with Crippen LogP contribution in [0, 0.1) is 24.0 Å². The minimum absolute atomic E-state index is 0.0299. The number of carbonyl (C=O) groups is 2. The molecule has 0 saturated carbocycles. The number of hydrogen-bond acceptors (Lipinski definition) is 12. The average molecular weight is 756 g/mol. The van der Waals surface area contributed by atoms with Crippen molar-refractivity contribution < 1.29 is 40.8 Å². The summed E-state index contributed by atoms with van der Waals surface area (Å²) in [6, 6.07) is 27.1. The molecule has 0 bridgehead atoms. The lowest BCUT2D eigenvalue weighted by Gasteiger charge is -2.08. The fraction of sp³-hybridized carbons (Fsp3) is 0.0556. The summed E-state index contributed by atoms with van der Waals surface area (Å²) in [6.07, 6.45) is 2.49. The molecule has 5 rings (SSSR count). The number of hydrogen-bond donors (Lipinski definition) is 2. The Labute approximate surface area is 303 Å². The van der Waals surface area contributed by atoms with E-state index in [2.05, 4.69) is 19.9 Å². The molecule has 15 nitrogen and oxygen atoms in total. The van der Waals surface area contributed by atoms with Gasteiger partial charge in [0.1, 0.15) is 17.1 Å². The molecule has 0 spiro atoms. The lowest BCUT2D eigenvalue weighted by molar-refractivity contribution is -0.385. The fourth-order valence-electron chi connectivity index (χ4n) is 4.43. The summed E-state index contributed by atoms with van der Waals surface area (Å²) in [4.78, 5) is 41.0. The van der Waals surface area contributed by atoms with Crippen molar-refractivity contribution in [3.63, 3.8) is 0 Å². The standard InChI is InChI=1S/C36H29N5O10S2/c1-24-3-16-31(17-4-24)52(46,47)39-37-22-26-7-12-29(13-8-26)50-35(42)28-11-20-33(34(21-28)41(44)45)36(43)51-30-14-9-27(10-15-30)23-38-40-53(48,49)32-18-5-25(2)6-19-32/h3-23,39-40H,1-2H3/b37-22+,38-23+. The second kappa shape index (κ2) is 16.1. The first-order valence-electron chi connectivity index (χ1n) is 15.4.